The first-order valence-electron chi connectivity index (χ1n) is 6.22. The van der Waals surface area contributed by atoms with Gasteiger partial charge in [0.25, 0.3) is 0 Å². The zero-order valence-corrected chi connectivity index (χ0v) is 11.3. The summed E-state index contributed by atoms with van der Waals surface area (Å²) in [4.78, 5) is 26.5. The molecule has 3 N–H and O–H groups in total. The molecule has 104 valence electrons. The first kappa shape index (κ1) is 13.8. The maximum absolute atomic E-state index is 11.6. The molecular weight excluding hydrogens is 266 g/mol. The molecule has 0 radical (unpaired) electrons. The minimum absolute atomic E-state index is 0.125. The van der Waals surface area contributed by atoms with Crippen LogP contribution in [0.15, 0.2) is 11.6 Å². The van der Waals surface area contributed by atoms with Crippen molar-refractivity contribution in [3.05, 3.63) is 16.6 Å². The number of rotatable bonds is 6. The van der Waals surface area contributed by atoms with Crippen molar-refractivity contribution in [3.63, 3.8) is 0 Å². The average molecular weight is 283 g/mol. The summed E-state index contributed by atoms with van der Waals surface area (Å²) in [6.07, 6.45) is 4.59. The molecule has 1 aromatic rings. The van der Waals surface area contributed by atoms with E-state index in [9.17, 15) is 9.59 Å². The maximum Gasteiger partial charge on any atom is 0.315 e. The lowest BCUT2D eigenvalue weighted by Crippen LogP contribution is -2.46. The number of amides is 2. The van der Waals surface area contributed by atoms with E-state index in [4.69, 9.17) is 5.11 Å². The topological polar surface area (TPSA) is 91.3 Å². The summed E-state index contributed by atoms with van der Waals surface area (Å²) < 4.78 is 0. The van der Waals surface area contributed by atoms with Crippen molar-refractivity contribution >= 4 is 23.3 Å². The third-order valence-corrected chi connectivity index (χ3v) is 4.23. The van der Waals surface area contributed by atoms with Gasteiger partial charge in [0, 0.05) is 18.1 Å². The van der Waals surface area contributed by atoms with E-state index >= 15 is 0 Å². The molecule has 0 aromatic carbocycles. The Kier molecular flexibility index (Phi) is 4.36. The van der Waals surface area contributed by atoms with Crippen LogP contribution in [0.1, 0.15) is 30.7 Å². The highest BCUT2D eigenvalue weighted by Crippen LogP contribution is 2.43. The quantitative estimate of drug-likeness (QED) is 0.739. The lowest BCUT2D eigenvalue weighted by molar-refractivity contribution is -0.141. The molecule has 0 bridgehead atoms. The summed E-state index contributed by atoms with van der Waals surface area (Å²) in [5, 5.41) is 17.0. The van der Waals surface area contributed by atoms with Gasteiger partial charge in [-0.25, -0.2) is 9.78 Å². The van der Waals surface area contributed by atoms with E-state index in [1.54, 1.807) is 6.20 Å². The zero-order valence-electron chi connectivity index (χ0n) is 10.5. The first-order valence-corrected chi connectivity index (χ1v) is 7.09. The first-order chi connectivity index (χ1) is 9.10. The molecule has 0 atom stereocenters. The predicted octanol–water partition coefficient (Wildman–Crippen LogP) is 1.59. The predicted molar refractivity (Wildman–Crippen MR) is 70.9 cm³/mol. The third kappa shape index (κ3) is 3.92. The summed E-state index contributed by atoms with van der Waals surface area (Å²) in [6.45, 7) is 0.818. The SMILES string of the molecule is O=C(O)CC1(CNC(=O)NCc2nccs2)CCC1. The number of hydrogen-bond acceptors (Lipinski definition) is 4. The van der Waals surface area contributed by atoms with Crippen molar-refractivity contribution in [3.8, 4) is 0 Å². The minimum Gasteiger partial charge on any atom is -0.481 e. The molecule has 0 unspecified atom stereocenters. The van der Waals surface area contributed by atoms with Gasteiger partial charge in [-0.15, -0.1) is 11.3 Å². The van der Waals surface area contributed by atoms with Gasteiger partial charge in [-0.3, -0.25) is 4.79 Å². The van der Waals surface area contributed by atoms with E-state index in [2.05, 4.69) is 15.6 Å². The highest BCUT2D eigenvalue weighted by Gasteiger charge is 2.39. The number of aromatic nitrogens is 1. The van der Waals surface area contributed by atoms with Crippen LogP contribution >= 0.6 is 11.3 Å². The smallest absolute Gasteiger partial charge is 0.315 e. The molecule has 2 amide bonds. The standard InChI is InChI=1S/C12H17N3O3S/c16-10(17)6-12(2-1-3-12)8-15-11(18)14-7-9-13-4-5-19-9/h4-5H,1-3,6-8H2,(H,16,17)(H2,14,15,18). The van der Waals surface area contributed by atoms with Crippen LogP contribution in [0.3, 0.4) is 0 Å². The molecule has 19 heavy (non-hydrogen) atoms. The number of aliphatic carboxylic acids is 1. The number of carboxylic acid groups (broad SMARTS) is 1. The van der Waals surface area contributed by atoms with Crippen molar-refractivity contribution in [2.75, 3.05) is 6.54 Å². The highest BCUT2D eigenvalue weighted by atomic mass is 32.1. The Morgan fingerprint density at radius 2 is 2.21 bits per heavy atom. The van der Waals surface area contributed by atoms with Gasteiger partial charge >= 0.3 is 12.0 Å². The van der Waals surface area contributed by atoms with Gasteiger partial charge in [0.05, 0.1) is 13.0 Å². The fourth-order valence-corrected chi connectivity index (χ4v) is 2.80. The normalized spacial score (nSPS) is 16.4. The summed E-state index contributed by atoms with van der Waals surface area (Å²) in [5.41, 5.74) is -0.246. The third-order valence-electron chi connectivity index (χ3n) is 3.45. The number of thiazole rings is 1. The molecule has 0 aliphatic heterocycles. The Morgan fingerprint density at radius 1 is 1.42 bits per heavy atom. The van der Waals surface area contributed by atoms with Crippen molar-refractivity contribution in [2.24, 2.45) is 5.41 Å². The van der Waals surface area contributed by atoms with Gasteiger partial charge in [-0.1, -0.05) is 6.42 Å². The van der Waals surface area contributed by atoms with E-state index in [0.717, 1.165) is 24.3 Å². The van der Waals surface area contributed by atoms with Gasteiger partial charge in [0.1, 0.15) is 5.01 Å². The van der Waals surface area contributed by atoms with Crippen LogP contribution in [0.4, 0.5) is 4.79 Å². The molecule has 1 saturated carbocycles. The van der Waals surface area contributed by atoms with Crippen LogP contribution in [-0.4, -0.2) is 28.6 Å². The number of nitrogens with one attached hydrogen (secondary N) is 2. The Labute approximate surface area is 115 Å². The van der Waals surface area contributed by atoms with Gasteiger partial charge < -0.3 is 15.7 Å². The highest BCUT2D eigenvalue weighted by molar-refractivity contribution is 7.09. The Morgan fingerprint density at radius 3 is 2.74 bits per heavy atom. The fraction of sp³-hybridized carbons (Fsp3) is 0.583. The molecule has 2 rings (SSSR count). The number of carboxylic acids is 1. The fourth-order valence-electron chi connectivity index (χ4n) is 2.24. The lowest BCUT2D eigenvalue weighted by atomic mass is 9.66. The molecule has 1 fully saturated rings. The van der Waals surface area contributed by atoms with Crippen LogP contribution in [0.2, 0.25) is 0 Å². The monoisotopic (exact) mass is 283 g/mol. The molecule has 1 aromatic heterocycles. The number of hydrogen-bond donors (Lipinski definition) is 3. The van der Waals surface area contributed by atoms with Crippen LogP contribution in [0.25, 0.3) is 0 Å². The molecular formula is C12H17N3O3S. The second kappa shape index (κ2) is 6.01. The molecule has 7 heteroatoms. The molecule has 0 saturated heterocycles. The van der Waals surface area contributed by atoms with E-state index in [1.807, 2.05) is 5.38 Å². The zero-order chi connectivity index (χ0) is 13.7. The van der Waals surface area contributed by atoms with Crippen LogP contribution in [0.5, 0.6) is 0 Å². The number of carbonyl (C=O) groups is 2. The van der Waals surface area contributed by atoms with Crippen molar-refractivity contribution < 1.29 is 14.7 Å². The maximum atomic E-state index is 11.6. The van der Waals surface area contributed by atoms with Crippen LogP contribution in [-0.2, 0) is 11.3 Å². The number of carbonyl (C=O) groups excluding carboxylic acids is 1. The second-order valence-corrected chi connectivity index (χ2v) is 5.87. The molecule has 1 aliphatic carbocycles. The molecule has 1 heterocycles. The average Bonchev–Trinajstić information content (AvgIpc) is 2.82. The minimum atomic E-state index is -0.801. The second-order valence-electron chi connectivity index (χ2n) is 4.89. The van der Waals surface area contributed by atoms with E-state index < -0.39 is 5.97 Å². The number of nitrogens with zero attached hydrogens (tertiary/aromatic N) is 1. The van der Waals surface area contributed by atoms with E-state index in [0.29, 0.717) is 13.1 Å². The van der Waals surface area contributed by atoms with E-state index in [1.165, 1.54) is 11.3 Å². The summed E-state index contributed by atoms with van der Waals surface area (Å²) >= 11 is 1.48. The largest absolute Gasteiger partial charge is 0.481 e. The Balaban J connectivity index is 1.72. The molecule has 1 aliphatic rings. The van der Waals surface area contributed by atoms with Gasteiger partial charge in [0.15, 0.2) is 0 Å². The Bertz CT molecular complexity index is 443. The molecule has 0 spiro atoms. The van der Waals surface area contributed by atoms with Gasteiger partial charge in [-0.2, -0.15) is 0 Å². The van der Waals surface area contributed by atoms with Crippen LogP contribution < -0.4 is 10.6 Å². The summed E-state index contributed by atoms with van der Waals surface area (Å²) in [7, 11) is 0. The van der Waals surface area contributed by atoms with E-state index in [-0.39, 0.29) is 17.9 Å². The van der Waals surface area contributed by atoms with Crippen molar-refractivity contribution in [2.45, 2.75) is 32.2 Å². The van der Waals surface area contributed by atoms with Crippen LogP contribution in [0, 0.1) is 5.41 Å². The Hall–Kier alpha value is -1.63. The lowest BCUT2D eigenvalue weighted by Gasteiger charge is -2.40. The summed E-state index contributed by atoms with van der Waals surface area (Å²) in [5.74, 6) is -0.801. The number of urea groups is 1. The van der Waals surface area contributed by atoms with Crippen molar-refractivity contribution in [1.82, 2.24) is 15.6 Å². The van der Waals surface area contributed by atoms with Crippen molar-refractivity contribution in [1.29, 1.82) is 0 Å². The molecule has 6 nitrogen and oxygen atoms in total. The van der Waals surface area contributed by atoms with Gasteiger partial charge in [-0.05, 0) is 18.3 Å². The van der Waals surface area contributed by atoms with Gasteiger partial charge in [0.2, 0.25) is 0 Å². The summed E-state index contributed by atoms with van der Waals surface area (Å²) in [6, 6.07) is -0.271.